The minimum absolute atomic E-state index is 0.0409. The zero-order valence-electron chi connectivity index (χ0n) is 17.1. The second kappa shape index (κ2) is 9.55. The van der Waals surface area contributed by atoms with Crippen molar-refractivity contribution in [3.63, 3.8) is 0 Å². The summed E-state index contributed by atoms with van der Waals surface area (Å²) in [6.07, 6.45) is -2.78. The Morgan fingerprint density at radius 1 is 1.19 bits per heavy atom. The van der Waals surface area contributed by atoms with Crippen LogP contribution in [0.5, 0.6) is 0 Å². The number of thioether (sulfide) groups is 1. The average Bonchev–Trinajstić information content (AvgIpc) is 2.73. The molecule has 0 bridgehead atoms. The van der Waals surface area contributed by atoms with Crippen molar-refractivity contribution in [2.24, 2.45) is 0 Å². The Hall–Kier alpha value is -2.81. The lowest BCUT2D eigenvalue weighted by atomic mass is 10.2. The van der Waals surface area contributed by atoms with Crippen molar-refractivity contribution < 1.29 is 18.0 Å². The molecule has 5 nitrogen and oxygen atoms in total. The number of carbonyl (C=O) groups excluding carboxylic acids is 1. The van der Waals surface area contributed by atoms with Crippen molar-refractivity contribution >= 4 is 28.6 Å². The van der Waals surface area contributed by atoms with Crippen LogP contribution in [0.25, 0.3) is 16.6 Å². The summed E-state index contributed by atoms with van der Waals surface area (Å²) < 4.78 is 40.9. The number of unbranched alkanes of at least 4 members (excludes halogenated alkanes) is 1. The number of alkyl halides is 3. The van der Waals surface area contributed by atoms with Crippen LogP contribution in [0.1, 0.15) is 32.3 Å². The van der Waals surface area contributed by atoms with E-state index in [1.54, 1.807) is 31.2 Å². The molecule has 0 spiro atoms. The standard InChI is InChI=1S/C22H22F3N3O2S/c1-3-4-12-26-19(29)14(2)31-21-27-18-11-6-5-10-17(18)20(30)28(21)16-9-7-8-15(13-16)22(23,24)25/h5-11,13-14H,3-4,12H2,1-2H3,(H,26,29). The highest BCUT2D eigenvalue weighted by Crippen LogP contribution is 2.31. The number of hydrogen-bond acceptors (Lipinski definition) is 4. The van der Waals surface area contributed by atoms with Gasteiger partial charge >= 0.3 is 6.18 Å². The first-order chi connectivity index (χ1) is 14.7. The van der Waals surface area contributed by atoms with Gasteiger partial charge in [-0.2, -0.15) is 13.2 Å². The summed E-state index contributed by atoms with van der Waals surface area (Å²) in [5, 5.41) is 2.66. The fraction of sp³-hybridized carbons (Fsp3) is 0.318. The average molecular weight is 449 g/mol. The van der Waals surface area contributed by atoms with Gasteiger partial charge in [-0.25, -0.2) is 4.98 Å². The van der Waals surface area contributed by atoms with Gasteiger partial charge in [0.25, 0.3) is 5.56 Å². The maximum absolute atomic E-state index is 13.2. The van der Waals surface area contributed by atoms with Crippen LogP contribution in [0, 0.1) is 0 Å². The van der Waals surface area contributed by atoms with E-state index in [2.05, 4.69) is 10.3 Å². The predicted octanol–water partition coefficient (Wildman–Crippen LogP) is 4.80. The molecule has 0 aliphatic rings. The summed E-state index contributed by atoms with van der Waals surface area (Å²) in [4.78, 5) is 30.1. The number of fused-ring (bicyclic) bond motifs is 1. The van der Waals surface area contributed by atoms with Crippen LogP contribution in [0.2, 0.25) is 0 Å². The number of halogens is 3. The lowest BCUT2D eigenvalue weighted by molar-refractivity contribution is -0.137. The molecule has 1 aromatic heterocycles. The number of nitrogens with one attached hydrogen (secondary N) is 1. The zero-order valence-corrected chi connectivity index (χ0v) is 17.9. The van der Waals surface area contributed by atoms with Gasteiger partial charge in [-0.15, -0.1) is 0 Å². The molecule has 1 atom stereocenters. The van der Waals surface area contributed by atoms with Crippen LogP contribution in [0.3, 0.4) is 0 Å². The Morgan fingerprint density at radius 2 is 1.94 bits per heavy atom. The normalized spacial score (nSPS) is 12.7. The van der Waals surface area contributed by atoms with Crippen molar-refractivity contribution in [2.75, 3.05) is 6.54 Å². The van der Waals surface area contributed by atoms with Gasteiger partial charge < -0.3 is 5.32 Å². The monoisotopic (exact) mass is 449 g/mol. The van der Waals surface area contributed by atoms with Crippen molar-refractivity contribution in [3.05, 3.63) is 64.4 Å². The summed E-state index contributed by atoms with van der Waals surface area (Å²) in [5.41, 5.74) is -0.909. The topological polar surface area (TPSA) is 64.0 Å². The van der Waals surface area contributed by atoms with Gasteiger partial charge in [0.15, 0.2) is 5.16 Å². The maximum Gasteiger partial charge on any atom is 0.416 e. The minimum Gasteiger partial charge on any atom is -0.355 e. The fourth-order valence-corrected chi connectivity index (χ4v) is 3.94. The van der Waals surface area contributed by atoms with E-state index < -0.39 is 22.5 Å². The number of amides is 1. The molecule has 0 aliphatic carbocycles. The van der Waals surface area contributed by atoms with Gasteiger partial charge in [0.1, 0.15) is 0 Å². The van der Waals surface area contributed by atoms with Gasteiger partial charge in [-0.05, 0) is 43.7 Å². The van der Waals surface area contributed by atoms with Crippen LogP contribution >= 0.6 is 11.8 Å². The Morgan fingerprint density at radius 3 is 2.65 bits per heavy atom. The van der Waals surface area contributed by atoms with Crippen molar-refractivity contribution in [1.82, 2.24) is 14.9 Å². The lowest BCUT2D eigenvalue weighted by Crippen LogP contribution is -2.32. The van der Waals surface area contributed by atoms with Crippen LogP contribution in [-0.2, 0) is 11.0 Å². The molecule has 0 radical (unpaired) electrons. The Labute approximate surface area is 181 Å². The largest absolute Gasteiger partial charge is 0.416 e. The lowest BCUT2D eigenvalue weighted by Gasteiger charge is -2.17. The highest BCUT2D eigenvalue weighted by Gasteiger charge is 2.31. The molecular formula is C22H22F3N3O2S. The Bertz CT molecular complexity index is 1140. The van der Waals surface area contributed by atoms with E-state index in [4.69, 9.17) is 0 Å². The molecule has 0 saturated heterocycles. The third kappa shape index (κ3) is 5.28. The van der Waals surface area contributed by atoms with Crippen LogP contribution < -0.4 is 10.9 Å². The maximum atomic E-state index is 13.2. The number of carbonyl (C=O) groups is 1. The smallest absolute Gasteiger partial charge is 0.355 e. The van der Waals surface area contributed by atoms with Crippen molar-refractivity contribution in [3.8, 4) is 5.69 Å². The minimum atomic E-state index is -4.55. The molecule has 1 unspecified atom stereocenters. The molecule has 1 amide bonds. The summed E-state index contributed by atoms with van der Waals surface area (Å²) in [6.45, 7) is 4.21. The predicted molar refractivity (Wildman–Crippen MR) is 116 cm³/mol. The molecule has 1 N–H and O–H groups in total. The van der Waals surface area contributed by atoms with Crippen LogP contribution in [0.15, 0.2) is 58.5 Å². The quantitative estimate of drug-likeness (QED) is 0.320. The van der Waals surface area contributed by atoms with E-state index in [1.165, 1.54) is 12.1 Å². The molecule has 31 heavy (non-hydrogen) atoms. The van der Waals surface area contributed by atoms with Gasteiger partial charge in [0.05, 0.1) is 27.4 Å². The first-order valence-electron chi connectivity index (χ1n) is 9.86. The van der Waals surface area contributed by atoms with Crippen LogP contribution in [-0.4, -0.2) is 27.3 Å². The van der Waals surface area contributed by atoms with E-state index in [1.807, 2.05) is 6.92 Å². The summed E-state index contributed by atoms with van der Waals surface area (Å²) >= 11 is 1.03. The highest BCUT2D eigenvalue weighted by atomic mass is 32.2. The van der Waals surface area contributed by atoms with E-state index in [-0.39, 0.29) is 22.1 Å². The second-order valence-electron chi connectivity index (χ2n) is 7.00. The number of benzene rings is 2. The van der Waals surface area contributed by atoms with Gasteiger partial charge in [0, 0.05) is 6.54 Å². The van der Waals surface area contributed by atoms with Gasteiger partial charge in [-0.3, -0.25) is 14.2 Å². The first-order valence-corrected chi connectivity index (χ1v) is 10.7. The molecule has 0 fully saturated rings. The molecule has 3 rings (SSSR count). The second-order valence-corrected chi connectivity index (χ2v) is 8.31. The molecule has 0 aliphatic heterocycles. The molecule has 164 valence electrons. The third-order valence-electron chi connectivity index (χ3n) is 4.66. The molecule has 0 saturated carbocycles. The summed E-state index contributed by atoms with van der Waals surface area (Å²) in [7, 11) is 0. The Kier molecular flexibility index (Phi) is 7.04. The fourth-order valence-electron chi connectivity index (χ4n) is 2.98. The molecule has 9 heteroatoms. The molecule has 2 aromatic carbocycles. The van der Waals surface area contributed by atoms with Crippen molar-refractivity contribution in [1.29, 1.82) is 0 Å². The van der Waals surface area contributed by atoms with Gasteiger partial charge in [0.2, 0.25) is 5.91 Å². The zero-order chi connectivity index (χ0) is 22.6. The number of para-hydroxylation sites is 1. The molecule has 1 heterocycles. The number of rotatable bonds is 7. The number of nitrogens with zero attached hydrogens (tertiary/aromatic N) is 2. The SMILES string of the molecule is CCCCNC(=O)C(C)Sc1nc2ccccc2c(=O)n1-c1cccc(C(F)(F)F)c1. The van der Waals surface area contributed by atoms with E-state index in [0.29, 0.717) is 12.1 Å². The van der Waals surface area contributed by atoms with Gasteiger partial charge in [-0.1, -0.05) is 43.3 Å². The highest BCUT2D eigenvalue weighted by molar-refractivity contribution is 8.00. The van der Waals surface area contributed by atoms with E-state index in [9.17, 15) is 22.8 Å². The number of hydrogen-bond donors (Lipinski definition) is 1. The van der Waals surface area contributed by atoms with E-state index in [0.717, 1.165) is 41.3 Å². The molecular weight excluding hydrogens is 427 g/mol. The Balaban J connectivity index is 2.09. The van der Waals surface area contributed by atoms with Crippen molar-refractivity contribution in [2.45, 2.75) is 43.3 Å². The first kappa shape index (κ1) is 22.9. The summed E-state index contributed by atoms with van der Waals surface area (Å²) in [5.74, 6) is -0.226. The molecule has 3 aromatic rings. The third-order valence-corrected chi connectivity index (χ3v) is 5.71. The number of aromatic nitrogens is 2. The van der Waals surface area contributed by atoms with E-state index >= 15 is 0 Å². The van der Waals surface area contributed by atoms with Crippen LogP contribution in [0.4, 0.5) is 13.2 Å². The summed E-state index contributed by atoms with van der Waals surface area (Å²) in [6, 6.07) is 11.1.